The third kappa shape index (κ3) is 2.95. The van der Waals surface area contributed by atoms with Gasteiger partial charge < -0.3 is 10.2 Å². The lowest BCUT2D eigenvalue weighted by Crippen LogP contribution is -2.56. The molecule has 2 rings (SSSR count). The van der Waals surface area contributed by atoms with E-state index in [0.29, 0.717) is 12.5 Å². The SMILES string of the molecule is CC(C)c1ccc(CN2C(=O)CNC(=O)C2C)cc1. The molecule has 1 unspecified atom stereocenters. The van der Waals surface area contributed by atoms with Gasteiger partial charge >= 0.3 is 0 Å². The van der Waals surface area contributed by atoms with E-state index >= 15 is 0 Å². The van der Waals surface area contributed by atoms with Crippen LogP contribution in [0.2, 0.25) is 0 Å². The molecule has 4 nitrogen and oxygen atoms in total. The number of carbonyl (C=O) groups is 2. The van der Waals surface area contributed by atoms with E-state index in [-0.39, 0.29) is 18.4 Å². The lowest BCUT2D eigenvalue weighted by Gasteiger charge is -2.32. The van der Waals surface area contributed by atoms with Crippen molar-refractivity contribution in [1.29, 1.82) is 0 Å². The zero-order chi connectivity index (χ0) is 14.0. The van der Waals surface area contributed by atoms with Crippen molar-refractivity contribution in [2.75, 3.05) is 6.54 Å². The third-order valence-corrected chi connectivity index (χ3v) is 3.58. The molecule has 1 aliphatic rings. The molecule has 0 aromatic heterocycles. The van der Waals surface area contributed by atoms with Crippen molar-refractivity contribution in [2.24, 2.45) is 0 Å². The second kappa shape index (κ2) is 5.43. The van der Waals surface area contributed by atoms with E-state index in [2.05, 4.69) is 31.3 Å². The van der Waals surface area contributed by atoms with Crippen LogP contribution in [0.4, 0.5) is 0 Å². The summed E-state index contributed by atoms with van der Waals surface area (Å²) >= 11 is 0. The van der Waals surface area contributed by atoms with Gasteiger partial charge in [-0.25, -0.2) is 0 Å². The molecular weight excluding hydrogens is 240 g/mol. The van der Waals surface area contributed by atoms with Gasteiger partial charge in [-0.05, 0) is 24.0 Å². The Morgan fingerprint density at radius 1 is 1.26 bits per heavy atom. The quantitative estimate of drug-likeness (QED) is 0.898. The Bertz CT molecular complexity index is 479. The van der Waals surface area contributed by atoms with E-state index in [1.165, 1.54) is 5.56 Å². The van der Waals surface area contributed by atoms with Crippen LogP contribution in [0.5, 0.6) is 0 Å². The summed E-state index contributed by atoms with van der Waals surface area (Å²) in [6.07, 6.45) is 0. The Morgan fingerprint density at radius 3 is 2.47 bits per heavy atom. The van der Waals surface area contributed by atoms with E-state index in [1.807, 2.05) is 12.1 Å². The van der Waals surface area contributed by atoms with Gasteiger partial charge in [-0.1, -0.05) is 38.1 Å². The molecule has 1 aliphatic heterocycles. The van der Waals surface area contributed by atoms with E-state index < -0.39 is 6.04 Å². The molecule has 4 heteroatoms. The number of hydrogen-bond donors (Lipinski definition) is 1. The molecule has 1 aromatic carbocycles. The number of nitrogens with zero attached hydrogens (tertiary/aromatic N) is 1. The molecule has 1 N–H and O–H groups in total. The average Bonchev–Trinajstić information content (AvgIpc) is 2.40. The molecule has 1 saturated heterocycles. The molecule has 0 aliphatic carbocycles. The first-order valence-electron chi connectivity index (χ1n) is 6.65. The summed E-state index contributed by atoms with van der Waals surface area (Å²) in [5.41, 5.74) is 2.33. The van der Waals surface area contributed by atoms with Gasteiger partial charge in [-0.15, -0.1) is 0 Å². The predicted octanol–water partition coefficient (Wildman–Crippen LogP) is 1.66. The minimum atomic E-state index is -0.397. The molecule has 0 radical (unpaired) electrons. The van der Waals surface area contributed by atoms with Crippen molar-refractivity contribution < 1.29 is 9.59 Å². The zero-order valence-electron chi connectivity index (χ0n) is 11.6. The predicted molar refractivity (Wildman–Crippen MR) is 73.6 cm³/mol. The van der Waals surface area contributed by atoms with Gasteiger partial charge in [-0.2, -0.15) is 0 Å². The van der Waals surface area contributed by atoms with Gasteiger partial charge in [0.2, 0.25) is 11.8 Å². The summed E-state index contributed by atoms with van der Waals surface area (Å²) in [7, 11) is 0. The summed E-state index contributed by atoms with van der Waals surface area (Å²) < 4.78 is 0. The Hall–Kier alpha value is -1.84. The van der Waals surface area contributed by atoms with Crippen LogP contribution in [0.25, 0.3) is 0 Å². The average molecular weight is 260 g/mol. The number of hydrogen-bond acceptors (Lipinski definition) is 2. The van der Waals surface area contributed by atoms with Gasteiger partial charge in [0, 0.05) is 6.54 Å². The molecule has 0 saturated carbocycles. The molecule has 0 bridgehead atoms. The Morgan fingerprint density at radius 2 is 1.89 bits per heavy atom. The minimum absolute atomic E-state index is 0.0277. The molecular formula is C15H20N2O2. The molecule has 19 heavy (non-hydrogen) atoms. The van der Waals surface area contributed by atoms with Crippen LogP contribution in [-0.2, 0) is 16.1 Å². The first-order valence-corrected chi connectivity index (χ1v) is 6.65. The molecule has 1 heterocycles. The van der Waals surface area contributed by atoms with Crippen LogP contribution in [0.3, 0.4) is 0 Å². The fourth-order valence-electron chi connectivity index (χ4n) is 2.20. The number of carbonyl (C=O) groups excluding carboxylic acids is 2. The van der Waals surface area contributed by atoms with Gasteiger partial charge in [0.25, 0.3) is 0 Å². The first-order chi connectivity index (χ1) is 8.99. The smallest absolute Gasteiger partial charge is 0.242 e. The standard InChI is InChI=1S/C15H20N2O2/c1-10(2)13-6-4-12(5-7-13)9-17-11(3)15(19)16-8-14(17)18/h4-7,10-11H,8-9H2,1-3H3,(H,16,19). The maximum absolute atomic E-state index is 11.8. The highest BCUT2D eigenvalue weighted by Crippen LogP contribution is 2.17. The topological polar surface area (TPSA) is 49.4 Å². The van der Waals surface area contributed by atoms with Crippen LogP contribution in [0.15, 0.2) is 24.3 Å². The second-order valence-corrected chi connectivity index (χ2v) is 5.31. The maximum Gasteiger partial charge on any atom is 0.242 e. The summed E-state index contributed by atoms with van der Waals surface area (Å²) in [4.78, 5) is 25.0. The van der Waals surface area contributed by atoms with E-state index in [9.17, 15) is 9.59 Å². The van der Waals surface area contributed by atoms with Crippen molar-refractivity contribution in [2.45, 2.75) is 39.3 Å². The van der Waals surface area contributed by atoms with Gasteiger partial charge in [-0.3, -0.25) is 9.59 Å². The third-order valence-electron chi connectivity index (χ3n) is 3.58. The van der Waals surface area contributed by atoms with E-state index in [0.717, 1.165) is 5.56 Å². The Labute approximate surface area is 113 Å². The van der Waals surface area contributed by atoms with E-state index in [4.69, 9.17) is 0 Å². The number of nitrogens with one attached hydrogen (secondary N) is 1. The van der Waals surface area contributed by atoms with Gasteiger partial charge in [0.15, 0.2) is 0 Å². The monoisotopic (exact) mass is 260 g/mol. The fraction of sp³-hybridized carbons (Fsp3) is 0.467. The summed E-state index contributed by atoms with van der Waals surface area (Å²) in [6.45, 7) is 6.65. The van der Waals surface area contributed by atoms with Crippen LogP contribution in [0, 0.1) is 0 Å². The van der Waals surface area contributed by atoms with Crippen LogP contribution in [0.1, 0.15) is 37.8 Å². The van der Waals surface area contributed by atoms with Crippen LogP contribution >= 0.6 is 0 Å². The lowest BCUT2D eigenvalue weighted by atomic mass is 10.0. The van der Waals surface area contributed by atoms with E-state index in [1.54, 1.807) is 11.8 Å². The molecule has 2 amide bonds. The van der Waals surface area contributed by atoms with Crippen molar-refractivity contribution >= 4 is 11.8 Å². The summed E-state index contributed by atoms with van der Waals surface area (Å²) in [5, 5.41) is 2.59. The largest absolute Gasteiger partial charge is 0.345 e. The highest BCUT2D eigenvalue weighted by Gasteiger charge is 2.30. The Kier molecular flexibility index (Phi) is 3.88. The van der Waals surface area contributed by atoms with Gasteiger partial charge in [0.05, 0.1) is 6.54 Å². The zero-order valence-corrected chi connectivity index (χ0v) is 11.6. The van der Waals surface area contributed by atoms with Gasteiger partial charge in [0.1, 0.15) is 6.04 Å². The summed E-state index contributed by atoms with van der Waals surface area (Å²) in [6, 6.07) is 7.83. The van der Waals surface area contributed by atoms with Crippen LogP contribution in [-0.4, -0.2) is 29.3 Å². The maximum atomic E-state index is 11.8. The van der Waals surface area contributed by atoms with Crippen molar-refractivity contribution in [3.63, 3.8) is 0 Å². The lowest BCUT2D eigenvalue weighted by molar-refractivity contribution is -0.145. The van der Waals surface area contributed by atoms with Crippen molar-refractivity contribution in [1.82, 2.24) is 10.2 Å². The Balaban J connectivity index is 2.11. The fourth-order valence-corrected chi connectivity index (χ4v) is 2.20. The molecule has 1 atom stereocenters. The minimum Gasteiger partial charge on any atom is -0.345 e. The number of rotatable bonds is 3. The highest BCUT2D eigenvalue weighted by molar-refractivity contribution is 5.94. The van der Waals surface area contributed by atoms with Crippen molar-refractivity contribution in [3.8, 4) is 0 Å². The number of benzene rings is 1. The number of piperazine rings is 1. The summed E-state index contributed by atoms with van der Waals surface area (Å²) in [5.74, 6) is 0.383. The molecule has 0 spiro atoms. The normalized spacial score (nSPS) is 19.8. The molecule has 102 valence electrons. The molecule has 1 aromatic rings. The van der Waals surface area contributed by atoms with Crippen molar-refractivity contribution in [3.05, 3.63) is 35.4 Å². The highest BCUT2D eigenvalue weighted by atomic mass is 16.2. The number of amides is 2. The first kappa shape index (κ1) is 13.6. The molecule has 1 fully saturated rings. The second-order valence-electron chi connectivity index (χ2n) is 5.31. The van der Waals surface area contributed by atoms with Crippen LogP contribution < -0.4 is 5.32 Å².